The molecule has 17 heavy (non-hydrogen) atoms. The van der Waals surface area contributed by atoms with E-state index in [1.54, 1.807) is 12.1 Å². The molecule has 1 atom stereocenters. The molecule has 0 aromatic heterocycles. The molecule has 0 heterocycles. The van der Waals surface area contributed by atoms with Gasteiger partial charge in [-0.2, -0.15) is 0 Å². The van der Waals surface area contributed by atoms with Crippen LogP contribution < -0.4 is 5.32 Å². The molecule has 0 fully saturated rings. The maximum atomic E-state index is 9.25. The van der Waals surface area contributed by atoms with Crippen LogP contribution in [-0.4, -0.2) is 23.4 Å². The summed E-state index contributed by atoms with van der Waals surface area (Å²) >= 11 is 0. The van der Waals surface area contributed by atoms with Crippen LogP contribution in [0.1, 0.15) is 38.8 Å². The van der Waals surface area contributed by atoms with Crippen LogP contribution in [-0.2, 0) is 0 Å². The molecule has 3 nitrogen and oxygen atoms in total. The van der Waals surface area contributed by atoms with E-state index in [0.29, 0.717) is 5.75 Å². The maximum absolute atomic E-state index is 9.25. The first-order chi connectivity index (χ1) is 7.98. The van der Waals surface area contributed by atoms with E-state index in [9.17, 15) is 10.2 Å². The second-order valence-corrected chi connectivity index (χ2v) is 5.26. The number of aromatic hydroxyl groups is 1. The molecule has 96 valence electrons. The summed E-state index contributed by atoms with van der Waals surface area (Å²) < 4.78 is 0. The van der Waals surface area contributed by atoms with Gasteiger partial charge in [-0.15, -0.1) is 0 Å². The van der Waals surface area contributed by atoms with E-state index < -0.39 is 0 Å². The van der Waals surface area contributed by atoms with Crippen molar-refractivity contribution >= 4 is 0 Å². The van der Waals surface area contributed by atoms with E-state index in [4.69, 9.17) is 0 Å². The molecular formula is C14H23NO2. The summed E-state index contributed by atoms with van der Waals surface area (Å²) in [4.78, 5) is 0. The first-order valence-corrected chi connectivity index (χ1v) is 6.11. The summed E-state index contributed by atoms with van der Waals surface area (Å²) in [6.45, 7) is 7.12. The van der Waals surface area contributed by atoms with Crippen LogP contribution in [0.5, 0.6) is 5.75 Å². The van der Waals surface area contributed by atoms with Gasteiger partial charge in [-0.25, -0.2) is 0 Å². The topological polar surface area (TPSA) is 52.5 Å². The Morgan fingerprint density at radius 2 is 1.82 bits per heavy atom. The number of hydrogen-bond donors (Lipinski definition) is 3. The van der Waals surface area contributed by atoms with E-state index in [1.165, 1.54) is 5.56 Å². The fraction of sp³-hybridized carbons (Fsp3) is 0.571. The van der Waals surface area contributed by atoms with Crippen molar-refractivity contribution in [3.8, 4) is 5.75 Å². The van der Waals surface area contributed by atoms with Gasteiger partial charge in [0.25, 0.3) is 0 Å². The molecule has 1 aromatic carbocycles. The Morgan fingerprint density at radius 1 is 1.24 bits per heavy atom. The third-order valence-corrected chi connectivity index (χ3v) is 2.96. The van der Waals surface area contributed by atoms with Crippen molar-refractivity contribution < 1.29 is 10.2 Å². The van der Waals surface area contributed by atoms with Gasteiger partial charge in [0.1, 0.15) is 5.75 Å². The molecule has 0 aliphatic heterocycles. The number of aliphatic hydroxyl groups excluding tert-OH is 1. The quantitative estimate of drug-likeness (QED) is 0.712. The van der Waals surface area contributed by atoms with Crippen LogP contribution >= 0.6 is 0 Å². The summed E-state index contributed by atoms with van der Waals surface area (Å²) in [6.07, 6.45) is 0.978. The average molecular weight is 237 g/mol. The monoisotopic (exact) mass is 237 g/mol. The maximum Gasteiger partial charge on any atom is 0.115 e. The third-order valence-electron chi connectivity index (χ3n) is 2.96. The highest BCUT2D eigenvalue weighted by Gasteiger charge is 2.18. The standard InChI is InChI=1S/C14H23NO2/c1-4-13(15-9-14(2,3)10-16)11-5-7-12(17)8-6-11/h5-8,13,15-17H,4,9-10H2,1-3H3. The summed E-state index contributed by atoms with van der Waals surface area (Å²) in [5, 5.41) is 21.9. The molecule has 3 N–H and O–H groups in total. The smallest absolute Gasteiger partial charge is 0.115 e. The van der Waals surface area contributed by atoms with Crippen molar-refractivity contribution in [2.24, 2.45) is 5.41 Å². The number of benzene rings is 1. The number of aliphatic hydroxyl groups is 1. The van der Waals surface area contributed by atoms with Gasteiger partial charge < -0.3 is 15.5 Å². The van der Waals surface area contributed by atoms with Gasteiger partial charge in [0, 0.05) is 24.6 Å². The molecule has 1 rings (SSSR count). The van der Waals surface area contributed by atoms with Gasteiger partial charge >= 0.3 is 0 Å². The molecule has 0 bridgehead atoms. The number of rotatable bonds is 6. The van der Waals surface area contributed by atoms with Crippen LogP contribution in [0.3, 0.4) is 0 Å². The Morgan fingerprint density at radius 3 is 2.29 bits per heavy atom. The lowest BCUT2D eigenvalue weighted by atomic mass is 9.93. The van der Waals surface area contributed by atoms with Gasteiger partial charge in [-0.1, -0.05) is 32.9 Å². The minimum atomic E-state index is -0.107. The van der Waals surface area contributed by atoms with Gasteiger partial charge in [-0.3, -0.25) is 0 Å². The summed E-state index contributed by atoms with van der Waals surface area (Å²) in [5.74, 6) is 0.291. The molecule has 0 saturated carbocycles. The highest BCUT2D eigenvalue weighted by Crippen LogP contribution is 2.21. The second kappa shape index (κ2) is 6.03. The van der Waals surface area contributed by atoms with Crippen LogP contribution in [0.25, 0.3) is 0 Å². The third kappa shape index (κ3) is 4.36. The van der Waals surface area contributed by atoms with Crippen molar-refractivity contribution in [1.82, 2.24) is 5.32 Å². The highest BCUT2D eigenvalue weighted by atomic mass is 16.3. The normalized spacial score (nSPS) is 13.6. The molecule has 0 saturated heterocycles. The van der Waals surface area contributed by atoms with E-state index in [0.717, 1.165) is 13.0 Å². The number of nitrogens with one attached hydrogen (secondary N) is 1. The van der Waals surface area contributed by atoms with Crippen LogP contribution in [0.2, 0.25) is 0 Å². The summed E-state index contributed by atoms with van der Waals surface area (Å²) in [7, 11) is 0. The Balaban J connectivity index is 2.63. The molecule has 0 aliphatic rings. The lowest BCUT2D eigenvalue weighted by Crippen LogP contribution is -2.34. The van der Waals surface area contributed by atoms with Crippen LogP contribution in [0.15, 0.2) is 24.3 Å². The minimum absolute atomic E-state index is 0.107. The molecule has 0 aliphatic carbocycles. The fourth-order valence-corrected chi connectivity index (χ4v) is 1.66. The Kier molecular flexibility index (Phi) is 4.97. The molecule has 1 unspecified atom stereocenters. The second-order valence-electron chi connectivity index (χ2n) is 5.26. The van der Waals surface area contributed by atoms with E-state index >= 15 is 0 Å². The van der Waals surface area contributed by atoms with Crippen molar-refractivity contribution in [2.75, 3.05) is 13.2 Å². The SMILES string of the molecule is CCC(NCC(C)(C)CO)c1ccc(O)cc1. The average Bonchev–Trinajstić information content (AvgIpc) is 2.32. The van der Waals surface area contributed by atoms with Crippen molar-refractivity contribution in [2.45, 2.75) is 33.2 Å². The Bertz CT molecular complexity index is 333. The molecule has 0 spiro atoms. The molecular weight excluding hydrogens is 214 g/mol. The Labute approximate surface area is 103 Å². The predicted octanol–water partition coefficient (Wildman–Crippen LogP) is 2.45. The zero-order chi connectivity index (χ0) is 12.9. The highest BCUT2D eigenvalue weighted by molar-refractivity contribution is 5.27. The zero-order valence-electron chi connectivity index (χ0n) is 10.9. The molecule has 0 amide bonds. The number of phenols is 1. The first kappa shape index (κ1) is 14.0. The lowest BCUT2D eigenvalue weighted by molar-refractivity contribution is 0.152. The van der Waals surface area contributed by atoms with Crippen molar-refractivity contribution in [3.63, 3.8) is 0 Å². The summed E-state index contributed by atoms with van der Waals surface area (Å²) in [5.41, 5.74) is 1.06. The number of phenolic OH excluding ortho intramolecular Hbond substituents is 1. The van der Waals surface area contributed by atoms with E-state index in [1.807, 2.05) is 26.0 Å². The zero-order valence-corrected chi connectivity index (χ0v) is 10.9. The largest absolute Gasteiger partial charge is 0.508 e. The van der Waals surface area contributed by atoms with Gasteiger partial charge in [0.15, 0.2) is 0 Å². The Hall–Kier alpha value is -1.06. The molecule has 3 heteroatoms. The van der Waals surface area contributed by atoms with Crippen molar-refractivity contribution in [1.29, 1.82) is 0 Å². The summed E-state index contributed by atoms with van der Waals surface area (Å²) in [6, 6.07) is 7.54. The predicted molar refractivity (Wildman–Crippen MR) is 70.0 cm³/mol. The van der Waals surface area contributed by atoms with Crippen LogP contribution in [0, 0.1) is 5.41 Å². The van der Waals surface area contributed by atoms with Crippen LogP contribution in [0.4, 0.5) is 0 Å². The van der Waals surface area contributed by atoms with Gasteiger partial charge in [-0.05, 0) is 24.1 Å². The minimum Gasteiger partial charge on any atom is -0.508 e. The fourth-order valence-electron chi connectivity index (χ4n) is 1.66. The molecule has 0 radical (unpaired) electrons. The van der Waals surface area contributed by atoms with E-state index in [2.05, 4.69) is 12.2 Å². The first-order valence-electron chi connectivity index (χ1n) is 6.11. The van der Waals surface area contributed by atoms with E-state index in [-0.39, 0.29) is 18.1 Å². The van der Waals surface area contributed by atoms with Gasteiger partial charge in [0.05, 0.1) is 0 Å². The molecule has 1 aromatic rings. The van der Waals surface area contributed by atoms with Gasteiger partial charge in [0.2, 0.25) is 0 Å². The lowest BCUT2D eigenvalue weighted by Gasteiger charge is -2.26. The number of hydrogen-bond acceptors (Lipinski definition) is 3. The van der Waals surface area contributed by atoms with Crippen molar-refractivity contribution in [3.05, 3.63) is 29.8 Å².